The van der Waals surface area contributed by atoms with E-state index >= 15 is 0 Å². The number of carbonyl (C=O) groups is 3. The number of alkyl carbamates (subject to hydrolysis) is 1. The van der Waals surface area contributed by atoms with Crippen molar-refractivity contribution in [2.75, 3.05) is 6.61 Å². The fourth-order valence-electron chi connectivity index (χ4n) is 4.10. The Morgan fingerprint density at radius 2 is 1.50 bits per heavy atom. The molecule has 2 atom stereocenters. The number of ether oxygens (including phenoxy) is 1. The van der Waals surface area contributed by atoms with Crippen LogP contribution in [-0.4, -0.2) is 41.8 Å². The first-order chi connectivity index (χ1) is 15.3. The number of benzene rings is 2. The van der Waals surface area contributed by atoms with Crippen LogP contribution < -0.4 is 10.6 Å². The van der Waals surface area contributed by atoms with Gasteiger partial charge in [0.1, 0.15) is 18.7 Å². The van der Waals surface area contributed by atoms with E-state index in [-0.39, 0.29) is 24.9 Å². The molecule has 0 saturated carbocycles. The van der Waals surface area contributed by atoms with Gasteiger partial charge in [0.25, 0.3) is 0 Å². The number of rotatable bonds is 9. The minimum atomic E-state index is -1.11. The summed E-state index contributed by atoms with van der Waals surface area (Å²) in [6, 6.07) is 14.2. The van der Waals surface area contributed by atoms with Crippen molar-refractivity contribution in [1.29, 1.82) is 0 Å². The molecule has 0 aliphatic heterocycles. The lowest BCUT2D eigenvalue weighted by Crippen LogP contribution is -2.52. The van der Waals surface area contributed by atoms with E-state index in [1.54, 1.807) is 6.92 Å². The van der Waals surface area contributed by atoms with Gasteiger partial charge in [0.15, 0.2) is 0 Å². The Bertz CT molecular complexity index is 942. The third kappa shape index (κ3) is 5.28. The van der Waals surface area contributed by atoms with Crippen LogP contribution in [0.25, 0.3) is 11.1 Å². The molecule has 32 heavy (non-hydrogen) atoms. The van der Waals surface area contributed by atoms with E-state index < -0.39 is 30.1 Å². The van der Waals surface area contributed by atoms with E-state index in [0.29, 0.717) is 6.42 Å². The van der Waals surface area contributed by atoms with E-state index in [9.17, 15) is 19.5 Å². The van der Waals surface area contributed by atoms with Crippen LogP contribution in [0.3, 0.4) is 0 Å². The first-order valence-electron chi connectivity index (χ1n) is 11.0. The Balaban J connectivity index is 1.67. The zero-order valence-corrected chi connectivity index (χ0v) is 18.6. The maximum atomic E-state index is 12.6. The maximum Gasteiger partial charge on any atom is 0.407 e. The molecule has 3 N–H and O–H groups in total. The molecule has 0 saturated heterocycles. The molecule has 2 aromatic rings. The molecule has 0 spiro atoms. The minimum absolute atomic E-state index is 0.0815. The molecular formula is C25H30N2O5. The standard InChI is InChI=1S/C25H30N2O5/c1-4-21(24(29)30)26-23(28)22(13-15(2)3)27-25(31)32-14-20-18-11-7-5-9-16(18)17-10-6-8-12-19(17)20/h5-12,15,20-22H,4,13-14H2,1-3H3,(H,26,28)(H,27,31)(H,29,30)/t21-,22-/m0/s1. The predicted octanol–water partition coefficient (Wildman–Crippen LogP) is 3.92. The van der Waals surface area contributed by atoms with Crippen molar-refractivity contribution in [3.63, 3.8) is 0 Å². The fraction of sp³-hybridized carbons (Fsp3) is 0.400. The van der Waals surface area contributed by atoms with Crippen LogP contribution in [0.2, 0.25) is 0 Å². The molecule has 7 nitrogen and oxygen atoms in total. The predicted molar refractivity (Wildman–Crippen MR) is 121 cm³/mol. The van der Waals surface area contributed by atoms with Crippen LogP contribution in [-0.2, 0) is 14.3 Å². The van der Waals surface area contributed by atoms with E-state index in [2.05, 4.69) is 22.8 Å². The summed E-state index contributed by atoms with van der Waals surface area (Å²) in [5.74, 6) is -1.60. The molecule has 0 fully saturated rings. The summed E-state index contributed by atoms with van der Waals surface area (Å²) in [5, 5.41) is 14.3. The molecule has 1 aliphatic rings. The summed E-state index contributed by atoms with van der Waals surface area (Å²) >= 11 is 0. The largest absolute Gasteiger partial charge is 0.480 e. The Labute approximate surface area is 188 Å². The number of fused-ring (bicyclic) bond motifs is 3. The van der Waals surface area contributed by atoms with Crippen molar-refractivity contribution >= 4 is 18.0 Å². The summed E-state index contributed by atoms with van der Waals surface area (Å²) < 4.78 is 5.53. The first-order valence-corrected chi connectivity index (χ1v) is 11.0. The number of hydrogen-bond acceptors (Lipinski definition) is 4. The number of carboxylic acids is 1. The van der Waals surface area contributed by atoms with Crippen molar-refractivity contribution < 1.29 is 24.2 Å². The number of carbonyl (C=O) groups excluding carboxylic acids is 2. The van der Waals surface area contributed by atoms with Crippen LogP contribution in [0.15, 0.2) is 48.5 Å². The van der Waals surface area contributed by atoms with Gasteiger partial charge in [-0.1, -0.05) is 69.3 Å². The number of amides is 2. The molecule has 0 aromatic heterocycles. The Morgan fingerprint density at radius 3 is 2.00 bits per heavy atom. The normalized spacial score (nSPS) is 14.2. The molecule has 2 aromatic carbocycles. The lowest BCUT2D eigenvalue weighted by atomic mass is 9.98. The zero-order chi connectivity index (χ0) is 23.3. The Kier molecular flexibility index (Phi) is 7.51. The smallest absolute Gasteiger partial charge is 0.407 e. The number of aliphatic carboxylic acids is 1. The third-order valence-corrected chi connectivity index (χ3v) is 5.68. The average molecular weight is 439 g/mol. The van der Waals surface area contributed by atoms with Gasteiger partial charge in [-0.05, 0) is 41.0 Å². The molecule has 1 aliphatic carbocycles. The summed E-state index contributed by atoms with van der Waals surface area (Å²) in [6.07, 6.45) is -0.0806. The fourth-order valence-corrected chi connectivity index (χ4v) is 4.10. The van der Waals surface area contributed by atoms with E-state index in [0.717, 1.165) is 22.3 Å². The van der Waals surface area contributed by atoms with Gasteiger partial charge in [0.2, 0.25) is 5.91 Å². The zero-order valence-electron chi connectivity index (χ0n) is 18.6. The van der Waals surface area contributed by atoms with Crippen molar-refractivity contribution in [2.45, 2.75) is 51.6 Å². The van der Waals surface area contributed by atoms with Crippen molar-refractivity contribution in [3.05, 3.63) is 59.7 Å². The number of nitrogens with one attached hydrogen (secondary N) is 2. The van der Waals surface area contributed by atoms with Gasteiger partial charge >= 0.3 is 12.1 Å². The lowest BCUT2D eigenvalue weighted by Gasteiger charge is -2.22. The summed E-state index contributed by atoms with van der Waals surface area (Å²) in [4.78, 5) is 36.5. The lowest BCUT2D eigenvalue weighted by molar-refractivity contribution is -0.142. The van der Waals surface area contributed by atoms with Gasteiger partial charge in [-0.25, -0.2) is 9.59 Å². The second kappa shape index (κ2) is 10.3. The second-order valence-corrected chi connectivity index (χ2v) is 8.46. The number of carboxylic acid groups (broad SMARTS) is 1. The van der Waals surface area contributed by atoms with Crippen molar-refractivity contribution in [2.24, 2.45) is 5.92 Å². The molecule has 3 rings (SSSR count). The van der Waals surface area contributed by atoms with Crippen LogP contribution >= 0.6 is 0 Å². The van der Waals surface area contributed by atoms with Gasteiger partial charge in [0, 0.05) is 5.92 Å². The quantitative estimate of drug-likeness (QED) is 0.550. The van der Waals surface area contributed by atoms with Gasteiger partial charge in [0.05, 0.1) is 0 Å². The van der Waals surface area contributed by atoms with Crippen LogP contribution in [0.1, 0.15) is 50.7 Å². The van der Waals surface area contributed by atoms with Gasteiger partial charge in [-0.3, -0.25) is 4.79 Å². The topological polar surface area (TPSA) is 105 Å². The SMILES string of the molecule is CC[C@H](NC(=O)[C@H](CC(C)C)NC(=O)OCC1c2ccccc2-c2ccccc21)C(=O)O. The highest BCUT2D eigenvalue weighted by atomic mass is 16.5. The number of hydrogen-bond donors (Lipinski definition) is 3. The van der Waals surface area contributed by atoms with E-state index in [1.807, 2.05) is 50.2 Å². The third-order valence-electron chi connectivity index (χ3n) is 5.68. The molecule has 0 unspecified atom stereocenters. The van der Waals surface area contributed by atoms with Gasteiger partial charge in [-0.2, -0.15) is 0 Å². The molecule has 0 heterocycles. The monoisotopic (exact) mass is 438 g/mol. The van der Waals surface area contributed by atoms with Crippen molar-refractivity contribution in [1.82, 2.24) is 10.6 Å². The summed E-state index contributed by atoms with van der Waals surface area (Å²) in [6.45, 7) is 5.67. The van der Waals surface area contributed by atoms with Crippen LogP contribution in [0.5, 0.6) is 0 Å². The maximum absolute atomic E-state index is 12.6. The molecule has 2 amide bonds. The van der Waals surface area contributed by atoms with Crippen molar-refractivity contribution in [3.8, 4) is 11.1 Å². The van der Waals surface area contributed by atoms with E-state index in [1.165, 1.54) is 0 Å². The Hall–Kier alpha value is -3.35. The first kappa shape index (κ1) is 23.3. The highest BCUT2D eigenvalue weighted by molar-refractivity contribution is 5.89. The van der Waals surface area contributed by atoms with E-state index in [4.69, 9.17) is 4.74 Å². The molecule has 170 valence electrons. The van der Waals surface area contributed by atoms with Crippen LogP contribution in [0.4, 0.5) is 4.79 Å². The van der Waals surface area contributed by atoms with Gasteiger partial charge in [-0.15, -0.1) is 0 Å². The molecule has 0 radical (unpaired) electrons. The molecule has 0 bridgehead atoms. The highest BCUT2D eigenvalue weighted by Crippen LogP contribution is 2.44. The second-order valence-electron chi connectivity index (χ2n) is 8.46. The Morgan fingerprint density at radius 1 is 0.938 bits per heavy atom. The highest BCUT2D eigenvalue weighted by Gasteiger charge is 2.30. The minimum Gasteiger partial charge on any atom is -0.480 e. The van der Waals surface area contributed by atoms with Gasteiger partial charge < -0.3 is 20.5 Å². The average Bonchev–Trinajstić information content (AvgIpc) is 3.08. The molecule has 7 heteroatoms. The summed E-state index contributed by atoms with van der Waals surface area (Å²) in [7, 11) is 0. The molecular weight excluding hydrogens is 408 g/mol. The summed E-state index contributed by atoms with van der Waals surface area (Å²) in [5.41, 5.74) is 4.47. The van der Waals surface area contributed by atoms with Crippen LogP contribution in [0, 0.1) is 5.92 Å².